The Morgan fingerprint density at radius 3 is 2.90 bits per heavy atom. The molecular formula is C18H24N2. The molecule has 2 N–H and O–H groups in total. The van der Waals surface area contributed by atoms with Crippen LogP contribution in [-0.2, 0) is 6.42 Å². The molecule has 4 rings (SSSR count). The van der Waals surface area contributed by atoms with Crippen LogP contribution in [0.25, 0.3) is 10.9 Å². The van der Waals surface area contributed by atoms with Crippen LogP contribution in [0.15, 0.2) is 24.3 Å². The smallest absolute Gasteiger partial charge is 0.0478 e. The highest BCUT2D eigenvalue weighted by Crippen LogP contribution is 2.36. The molecule has 1 fully saturated rings. The summed E-state index contributed by atoms with van der Waals surface area (Å²) >= 11 is 0. The van der Waals surface area contributed by atoms with E-state index in [0.717, 1.165) is 12.0 Å². The minimum absolute atomic E-state index is 0.543. The molecule has 0 amide bonds. The monoisotopic (exact) mass is 268 g/mol. The van der Waals surface area contributed by atoms with E-state index in [9.17, 15) is 0 Å². The average Bonchev–Trinajstić information content (AvgIpc) is 3.03. The van der Waals surface area contributed by atoms with Crippen molar-refractivity contribution in [3.8, 4) is 0 Å². The van der Waals surface area contributed by atoms with Gasteiger partial charge in [0, 0.05) is 28.7 Å². The van der Waals surface area contributed by atoms with Gasteiger partial charge in [-0.1, -0.05) is 25.1 Å². The van der Waals surface area contributed by atoms with Crippen LogP contribution < -0.4 is 5.32 Å². The van der Waals surface area contributed by atoms with Crippen molar-refractivity contribution in [2.75, 3.05) is 0 Å². The van der Waals surface area contributed by atoms with Crippen LogP contribution in [0.1, 0.15) is 56.3 Å². The van der Waals surface area contributed by atoms with Crippen LogP contribution in [0.4, 0.5) is 0 Å². The van der Waals surface area contributed by atoms with Gasteiger partial charge in [0.2, 0.25) is 0 Å². The summed E-state index contributed by atoms with van der Waals surface area (Å²) < 4.78 is 0. The lowest BCUT2D eigenvalue weighted by molar-refractivity contribution is 0.386. The van der Waals surface area contributed by atoms with Crippen molar-refractivity contribution in [1.29, 1.82) is 0 Å². The Balaban J connectivity index is 1.64. The number of aromatic amines is 1. The molecule has 0 saturated heterocycles. The van der Waals surface area contributed by atoms with Crippen molar-refractivity contribution in [2.45, 2.75) is 57.5 Å². The van der Waals surface area contributed by atoms with E-state index in [-0.39, 0.29) is 0 Å². The fourth-order valence-corrected chi connectivity index (χ4v) is 4.22. The number of nitrogens with one attached hydrogen (secondary N) is 2. The maximum absolute atomic E-state index is 3.93. The Kier molecular flexibility index (Phi) is 3.07. The molecule has 0 bridgehead atoms. The van der Waals surface area contributed by atoms with Gasteiger partial charge in [-0.2, -0.15) is 0 Å². The zero-order chi connectivity index (χ0) is 13.5. The normalized spacial score (nSPS) is 29.8. The van der Waals surface area contributed by atoms with E-state index in [2.05, 4.69) is 41.5 Å². The molecule has 3 unspecified atom stereocenters. The number of fused-ring (bicyclic) bond motifs is 3. The second-order valence-corrected chi connectivity index (χ2v) is 6.79. The molecule has 2 heteroatoms. The van der Waals surface area contributed by atoms with Crippen molar-refractivity contribution < 1.29 is 0 Å². The maximum atomic E-state index is 3.93. The standard InChI is InChI=1S/C18H24N2/c1-12-9-10-13(11-12)19-17-8-4-6-15-14-5-2-3-7-16(14)20-18(15)17/h2-3,5,7,12-13,17,19-20H,4,6,8-11H2,1H3. The molecule has 1 heterocycles. The van der Waals surface area contributed by atoms with Gasteiger partial charge < -0.3 is 10.3 Å². The fourth-order valence-electron chi connectivity index (χ4n) is 4.22. The van der Waals surface area contributed by atoms with Gasteiger partial charge in [-0.05, 0) is 56.1 Å². The van der Waals surface area contributed by atoms with Gasteiger partial charge in [0.1, 0.15) is 0 Å². The number of aromatic nitrogens is 1. The second kappa shape index (κ2) is 4.92. The second-order valence-electron chi connectivity index (χ2n) is 6.79. The highest BCUT2D eigenvalue weighted by Gasteiger charge is 2.28. The summed E-state index contributed by atoms with van der Waals surface area (Å²) in [5.41, 5.74) is 4.35. The average molecular weight is 268 g/mol. The van der Waals surface area contributed by atoms with Crippen LogP contribution in [0.3, 0.4) is 0 Å². The summed E-state index contributed by atoms with van der Waals surface area (Å²) in [6.07, 6.45) is 7.93. The largest absolute Gasteiger partial charge is 0.357 e. The van der Waals surface area contributed by atoms with Crippen molar-refractivity contribution in [3.63, 3.8) is 0 Å². The number of para-hydroxylation sites is 1. The number of H-pyrrole nitrogens is 1. The third-order valence-electron chi connectivity index (χ3n) is 5.25. The predicted molar refractivity (Wildman–Crippen MR) is 83.9 cm³/mol. The van der Waals surface area contributed by atoms with Crippen LogP contribution in [0.2, 0.25) is 0 Å². The summed E-state index contributed by atoms with van der Waals surface area (Å²) in [5, 5.41) is 5.37. The highest BCUT2D eigenvalue weighted by atomic mass is 15.0. The summed E-state index contributed by atoms with van der Waals surface area (Å²) in [4.78, 5) is 3.69. The lowest BCUT2D eigenvalue weighted by Gasteiger charge is -2.27. The lowest BCUT2D eigenvalue weighted by atomic mass is 9.91. The van der Waals surface area contributed by atoms with E-state index in [1.165, 1.54) is 55.1 Å². The van der Waals surface area contributed by atoms with Gasteiger partial charge in [-0.15, -0.1) is 0 Å². The third kappa shape index (κ3) is 2.07. The molecule has 1 saturated carbocycles. The van der Waals surface area contributed by atoms with Gasteiger partial charge in [-0.3, -0.25) is 0 Å². The fraction of sp³-hybridized carbons (Fsp3) is 0.556. The van der Waals surface area contributed by atoms with Crippen molar-refractivity contribution in [3.05, 3.63) is 35.5 Å². The summed E-state index contributed by atoms with van der Waals surface area (Å²) in [7, 11) is 0. The van der Waals surface area contributed by atoms with Gasteiger partial charge in [-0.25, -0.2) is 0 Å². The molecule has 3 atom stereocenters. The van der Waals surface area contributed by atoms with Crippen molar-refractivity contribution >= 4 is 10.9 Å². The molecule has 1 aromatic carbocycles. The first kappa shape index (κ1) is 12.5. The SMILES string of the molecule is CC1CCC(NC2CCCc3c2[nH]c2ccccc32)C1. The van der Waals surface area contributed by atoms with Crippen LogP contribution in [0, 0.1) is 5.92 Å². The van der Waals surface area contributed by atoms with Crippen LogP contribution >= 0.6 is 0 Å². The van der Waals surface area contributed by atoms with E-state index < -0.39 is 0 Å². The molecule has 0 radical (unpaired) electrons. The Morgan fingerprint density at radius 2 is 2.05 bits per heavy atom. The Hall–Kier alpha value is -1.28. The Bertz CT molecular complexity index is 613. The molecule has 2 aliphatic rings. The minimum atomic E-state index is 0.543. The Morgan fingerprint density at radius 1 is 1.15 bits per heavy atom. The number of aryl methyl sites for hydroxylation is 1. The van der Waals surface area contributed by atoms with Crippen molar-refractivity contribution in [2.24, 2.45) is 5.92 Å². The molecule has 20 heavy (non-hydrogen) atoms. The number of hydrogen-bond donors (Lipinski definition) is 2. The van der Waals surface area contributed by atoms with Crippen LogP contribution in [-0.4, -0.2) is 11.0 Å². The molecule has 1 aromatic heterocycles. The van der Waals surface area contributed by atoms with Gasteiger partial charge in [0.25, 0.3) is 0 Å². The Labute approximate surface area is 121 Å². The lowest BCUT2D eigenvalue weighted by Crippen LogP contribution is -2.33. The zero-order valence-corrected chi connectivity index (χ0v) is 12.3. The minimum Gasteiger partial charge on any atom is -0.357 e. The van der Waals surface area contributed by atoms with Gasteiger partial charge in [0.15, 0.2) is 0 Å². The highest BCUT2D eigenvalue weighted by molar-refractivity contribution is 5.85. The van der Waals surface area contributed by atoms with Crippen LogP contribution in [0.5, 0.6) is 0 Å². The van der Waals surface area contributed by atoms with E-state index in [4.69, 9.17) is 0 Å². The van der Waals surface area contributed by atoms with Gasteiger partial charge >= 0.3 is 0 Å². The molecule has 2 aliphatic carbocycles. The number of rotatable bonds is 2. The molecule has 0 aliphatic heterocycles. The van der Waals surface area contributed by atoms with E-state index in [1.54, 1.807) is 5.56 Å². The summed E-state index contributed by atoms with van der Waals surface area (Å²) in [6.45, 7) is 2.39. The van der Waals surface area contributed by atoms with Crippen molar-refractivity contribution in [1.82, 2.24) is 10.3 Å². The maximum Gasteiger partial charge on any atom is 0.0478 e. The first-order valence-electron chi connectivity index (χ1n) is 8.17. The first-order chi connectivity index (χ1) is 9.81. The zero-order valence-electron chi connectivity index (χ0n) is 12.3. The summed E-state index contributed by atoms with van der Waals surface area (Å²) in [5.74, 6) is 0.901. The van der Waals surface area contributed by atoms with Gasteiger partial charge in [0.05, 0.1) is 0 Å². The molecule has 2 nitrogen and oxygen atoms in total. The summed E-state index contributed by atoms with van der Waals surface area (Å²) in [6, 6.07) is 10.0. The number of hydrogen-bond acceptors (Lipinski definition) is 1. The molecule has 106 valence electrons. The van der Waals surface area contributed by atoms with E-state index in [1.807, 2.05) is 0 Å². The van der Waals surface area contributed by atoms with E-state index >= 15 is 0 Å². The topological polar surface area (TPSA) is 27.8 Å². The third-order valence-corrected chi connectivity index (χ3v) is 5.25. The van der Waals surface area contributed by atoms with E-state index in [0.29, 0.717) is 6.04 Å². The molecule has 0 spiro atoms. The predicted octanol–water partition coefficient (Wildman–Crippen LogP) is 4.32. The first-order valence-corrected chi connectivity index (χ1v) is 8.17. The number of benzene rings is 1. The molecule has 2 aromatic rings. The quantitative estimate of drug-likeness (QED) is 0.834. The molecular weight excluding hydrogens is 244 g/mol.